The molecule has 0 saturated carbocycles. The molecule has 1 aliphatic heterocycles. The van der Waals surface area contributed by atoms with Crippen LogP contribution in [0.25, 0.3) is 0 Å². The van der Waals surface area contributed by atoms with E-state index in [4.69, 9.17) is 0 Å². The van der Waals surface area contributed by atoms with Crippen LogP contribution < -0.4 is 5.32 Å². The minimum absolute atomic E-state index is 0.0744. The Morgan fingerprint density at radius 1 is 1.43 bits per heavy atom. The number of nitrogens with one attached hydrogen (secondary N) is 1. The second-order valence-electron chi connectivity index (χ2n) is 5.85. The van der Waals surface area contributed by atoms with Crippen molar-refractivity contribution >= 4 is 11.8 Å². The fraction of sp³-hybridized carbons (Fsp3) is 0.600. The molecule has 6 nitrogen and oxygen atoms in total. The van der Waals surface area contributed by atoms with E-state index in [9.17, 15) is 9.59 Å². The van der Waals surface area contributed by atoms with Gasteiger partial charge >= 0.3 is 0 Å². The van der Waals surface area contributed by atoms with Crippen LogP contribution >= 0.6 is 0 Å². The molecule has 0 bridgehead atoms. The molecule has 114 valence electrons. The molecule has 6 heteroatoms. The van der Waals surface area contributed by atoms with Gasteiger partial charge in [-0.25, -0.2) is 0 Å². The molecule has 0 aliphatic carbocycles. The lowest BCUT2D eigenvalue weighted by Crippen LogP contribution is -2.48. The fourth-order valence-corrected chi connectivity index (χ4v) is 2.46. The van der Waals surface area contributed by atoms with Crippen molar-refractivity contribution in [2.75, 3.05) is 13.1 Å². The van der Waals surface area contributed by atoms with Gasteiger partial charge in [0.05, 0.1) is 5.69 Å². The average Bonchev–Trinajstić information content (AvgIpc) is 2.61. The lowest BCUT2D eigenvalue weighted by atomic mass is 10.0. The molecule has 2 rings (SSSR count). The standard InChI is InChI=1S/C15H22N4O2/c1-10(2)9-13-14(20)16-7-4-8-19(13)15(21)12-6-5-11(3)17-18-12/h5-6,10,13H,4,7-9H2,1-3H3,(H,16,20)/t13-/m0/s1. The molecule has 1 fully saturated rings. The summed E-state index contributed by atoms with van der Waals surface area (Å²) in [4.78, 5) is 26.5. The summed E-state index contributed by atoms with van der Waals surface area (Å²) < 4.78 is 0. The first-order chi connectivity index (χ1) is 9.99. The van der Waals surface area contributed by atoms with Gasteiger partial charge in [0.25, 0.3) is 5.91 Å². The number of aromatic nitrogens is 2. The van der Waals surface area contributed by atoms with Crippen LogP contribution in [0, 0.1) is 12.8 Å². The number of hydrogen-bond acceptors (Lipinski definition) is 4. The van der Waals surface area contributed by atoms with Gasteiger partial charge in [0.15, 0.2) is 5.69 Å². The second-order valence-corrected chi connectivity index (χ2v) is 5.85. The smallest absolute Gasteiger partial charge is 0.275 e. The predicted molar refractivity (Wildman–Crippen MR) is 78.7 cm³/mol. The quantitative estimate of drug-likeness (QED) is 0.906. The summed E-state index contributed by atoms with van der Waals surface area (Å²) in [6, 6.07) is 3.00. The van der Waals surface area contributed by atoms with E-state index in [1.54, 1.807) is 17.0 Å². The van der Waals surface area contributed by atoms with Crippen LogP contribution in [0.15, 0.2) is 12.1 Å². The lowest BCUT2D eigenvalue weighted by molar-refractivity contribution is -0.125. The first kappa shape index (κ1) is 15.4. The van der Waals surface area contributed by atoms with Crippen LogP contribution in [0.1, 0.15) is 42.9 Å². The van der Waals surface area contributed by atoms with Crippen molar-refractivity contribution in [2.24, 2.45) is 5.92 Å². The van der Waals surface area contributed by atoms with Crippen molar-refractivity contribution in [2.45, 2.75) is 39.7 Å². The van der Waals surface area contributed by atoms with Crippen LogP contribution in [0.4, 0.5) is 0 Å². The molecule has 2 heterocycles. The average molecular weight is 290 g/mol. The highest BCUT2D eigenvalue weighted by atomic mass is 16.2. The molecule has 2 amide bonds. The summed E-state index contributed by atoms with van der Waals surface area (Å²) in [5.74, 6) is 0.0399. The SMILES string of the molecule is Cc1ccc(C(=O)N2CCCNC(=O)[C@@H]2CC(C)C)nn1. The maximum Gasteiger partial charge on any atom is 0.275 e. The van der Waals surface area contributed by atoms with Gasteiger partial charge in [-0.1, -0.05) is 13.8 Å². The van der Waals surface area contributed by atoms with Crippen molar-refractivity contribution in [1.29, 1.82) is 0 Å². The van der Waals surface area contributed by atoms with Crippen LogP contribution in [-0.4, -0.2) is 46.0 Å². The molecule has 1 aliphatic rings. The van der Waals surface area contributed by atoms with Gasteiger partial charge in [0, 0.05) is 13.1 Å². The third kappa shape index (κ3) is 3.77. The molecular weight excluding hydrogens is 268 g/mol. The Kier molecular flexibility index (Phi) is 4.88. The van der Waals surface area contributed by atoms with Gasteiger partial charge in [-0.15, -0.1) is 5.10 Å². The van der Waals surface area contributed by atoms with E-state index in [0.29, 0.717) is 31.1 Å². The second kappa shape index (κ2) is 6.65. The summed E-state index contributed by atoms with van der Waals surface area (Å²) >= 11 is 0. The van der Waals surface area contributed by atoms with Crippen molar-refractivity contribution < 1.29 is 9.59 Å². The number of rotatable bonds is 3. The highest BCUT2D eigenvalue weighted by molar-refractivity contribution is 5.96. The Balaban J connectivity index is 2.25. The molecule has 1 saturated heterocycles. The molecule has 1 N–H and O–H groups in total. The van der Waals surface area contributed by atoms with E-state index in [1.165, 1.54) is 0 Å². The third-order valence-electron chi connectivity index (χ3n) is 3.53. The van der Waals surface area contributed by atoms with E-state index >= 15 is 0 Å². The highest BCUT2D eigenvalue weighted by Gasteiger charge is 2.33. The summed E-state index contributed by atoms with van der Waals surface area (Å²) in [5, 5.41) is 10.8. The summed E-state index contributed by atoms with van der Waals surface area (Å²) in [7, 11) is 0. The maximum absolute atomic E-state index is 12.6. The van der Waals surface area contributed by atoms with Gasteiger partial charge in [0.2, 0.25) is 5.91 Å². The third-order valence-corrected chi connectivity index (χ3v) is 3.53. The highest BCUT2D eigenvalue weighted by Crippen LogP contribution is 2.17. The van der Waals surface area contributed by atoms with Crippen LogP contribution in [0.5, 0.6) is 0 Å². The maximum atomic E-state index is 12.6. The normalized spacial score (nSPS) is 19.3. The van der Waals surface area contributed by atoms with Crippen LogP contribution in [-0.2, 0) is 4.79 Å². The molecule has 0 radical (unpaired) electrons. The topological polar surface area (TPSA) is 75.2 Å². The number of hydrogen-bond donors (Lipinski definition) is 1. The Morgan fingerprint density at radius 2 is 2.19 bits per heavy atom. The molecule has 1 aromatic rings. The van der Waals surface area contributed by atoms with Crippen molar-refractivity contribution in [1.82, 2.24) is 20.4 Å². The minimum atomic E-state index is -0.428. The van der Waals surface area contributed by atoms with Gasteiger partial charge in [-0.2, -0.15) is 5.10 Å². The molecule has 0 unspecified atom stereocenters. The summed E-state index contributed by atoms with van der Waals surface area (Å²) in [6.07, 6.45) is 1.40. The molecular formula is C15H22N4O2. The Morgan fingerprint density at radius 3 is 2.81 bits per heavy atom. The van der Waals surface area contributed by atoms with Crippen molar-refractivity contribution in [3.05, 3.63) is 23.5 Å². The van der Waals surface area contributed by atoms with E-state index in [0.717, 1.165) is 12.1 Å². The largest absolute Gasteiger partial charge is 0.354 e. The van der Waals surface area contributed by atoms with E-state index < -0.39 is 6.04 Å². The van der Waals surface area contributed by atoms with Gasteiger partial charge < -0.3 is 10.2 Å². The van der Waals surface area contributed by atoms with Crippen molar-refractivity contribution in [3.8, 4) is 0 Å². The molecule has 1 atom stereocenters. The first-order valence-electron chi connectivity index (χ1n) is 7.38. The number of aryl methyl sites for hydroxylation is 1. The summed E-state index contributed by atoms with van der Waals surface area (Å²) in [6.45, 7) is 7.09. The van der Waals surface area contributed by atoms with Gasteiger partial charge in [-0.05, 0) is 37.8 Å². The number of nitrogens with zero attached hydrogens (tertiary/aromatic N) is 3. The zero-order valence-electron chi connectivity index (χ0n) is 12.8. The Labute approximate surface area is 124 Å². The zero-order valence-corrected chi connectivity index (χ0v) is 12.8. The summed E-state index contributed by atoms with van der Waals surface area (Å²) in [5.41, 5.74) is 1.06. The molecule has 0 aromatic carbocycles. The Bertz CT molecular complexity index is 513. The lowest BCUT2D eigenvalue weighted by Gasteiger charge is -2.29. The first-order valence-corrected chi connectivity index (χ1v) is 7.38. The number of carbonyl (C=O) groups is 2. The molecule has 1 aromatic heterocycles. The number of carbonyl (C=O) groups excluding carboxylic acids is 2. The van der Waals surface area contributed by atoms with Gasteiger partial charge in [0.1, 0.15) is 6.04 Å². The molecule has 0 spiro atoms. The molecule has 21 heavy (non-hydrogen) atoms. The van der Waals surface area contributed by atoms with E-state index in [-0.39, 0.29) is 11.8 Å². The van der Waals surface area contributed by atoms with E-state index in [1.807, 2.05) is 20.8 Å². The fourth-order valence-electron chi connectivity index (χ4n) is 2.46. The van der Waals surface area contributed by atoms with Crippen LogP contribution in [0.3, 0.4) is 0 Å². The Hall–Kier alpha value is -1.98. The number of amides is 2. The zero-order chi connectivity index (χ0) is 15.4. The van der Waals surface area contributed by atoms with Crippen molar-refractivity contribution in [3.63, 3.8) is 0 Å². The van der Waals surface area contributed by atoms with E-state index in [2.05, 4.69) is 15.5 Å². The monoisotopic (exact) mass is 290 g/mol. The minimum Gasteiger partial charge on any atom is -0.354 e. The van der Waals surface area contributed by atoms with Gasteiger partial charge in [-0.3, -0.25) is 9.59 Å². The predicted octanol–water partition coefficient (Wildman–Crippen LogP) is 1.16. The van der Waals surface area contributed by atoms with Crippen LogP contribution in [0.2, 0.25) is 0 Å².